The van der Waals surface area contributed by atoms with Gasteiger partial charge in [-0.1, -0.05) is 18.2 Å². The summed E-state index contributed by atoms with van der Waals surface area (Å²) in [6.07, 6.45) is 4.27. The molecule has 0 saturated carbocycles. The van der Waals surface area contributed by atoms with Crippen molar-refractivity contribution < 1.29 is 0 Å². The summed E-state index contributed by atoms with van der Waals surface area (Å²) < 4.78 is 2.10. The minimum absolute atomic E-state index is 0.0794. The first-order chi connectivity index (χ1) is 9.25. The normalized spacial score (nSPS) is 12.7. The second-order valence-electron chi connectivity index (χ2n) is 4.67. The largest absolute Gasteiger partial charge is 0.331 e. The van der Waals surface area contributed by atoms with Crippen molar-refractivity contribution in [2.24, 2.45) is 12.8 Å². The number of hydrogen-bond acceptors (Lipinski definition) is 3. The Bertz CT molecular complexity index is 688. The smallest absolute Gasteiger partial charge is 0.111 e. The fourth-order valence-corrected chi connectivity index (χ4v) is 2.29. The summed E-state index contributed by atoms with van der Waals surface area (Å²) in [5, 5.41) is 0. The van der Waals surface area contributed by atoms with Crippen LogP contribution in [0.2, 0.25) is 0 Å². The van der Waals surface area contributed by atoms with Gasteiger partial charge in [0.1, 0.15) is 5.82 Å². The van der Waals surface area contributed by atoms with Gasteiger partial charge in [-0.25, -0.2) is 4.98 Å². The summed E-state index contributed by atoms with van der Waals surface area (Å²) in [7, 11) is 2.03. The third kappa shape index (κ3) is 2.22. The summed E-state index contributed by atoms with van der Waals surface area (Å²) in [4.78, 5) is 8.75. The molecule has 2 N–H and O–H groups in total. The van der Waals surface area contributed by atoms with E-state index in [1.54, 1.807) is 6.20 Å². The van der Waals surface area contributed by atoms with Crippen molar-refractivity contribution >= 4 is 11.0 Å². The summed E-state index contributed by atoms with van der Waals surface area (Å²) in [6.45, 7) is 0. The predicted molar refractivity (Wildman–Crippen MR) is 75.6 cm³/mol. The lowest BCUT2D eigenvalue weighted by atomic mass is 10.1. The molecule has 0 fully saturated rings. The zero-order valence-electron chi connectivity index (χ0n) is 10.8. The van der Waals surface area contributed by atoms with Crippen LogP contribution in [0.15, 0.2) is 48.8 Å². The van der Waals surface area contributed by atoms with E-state index in [0.29, 0.717) is 6.42 Å². The topological polar surface area (TPSA) is 56.7 Å². The highest BCUT2D eigenvalue weighted by Gasteiger charge is 2.12. The lowest BCUT2D eigenvalue weighted by Gasteiger charge is -2.11. The quantitative estimate of drug-likeness (QED) is 0.777. The number of benzene rings is 1. The Balaban J connectivity index is 1.91. The van der Waals surface area contributed by atoms with Gasteiger partial charge >= 0.3 is 0 Å². The monoisotopic (exact) mass is 252 g/mol. The fraction of sp³-hybridized carbons (Fsp3) is 0.200. The molecule has 0 aliphatic heterocycles. The van der Waals surface area contributed by atoms with Gasteiger partial charge in [0.05, 0.1) is 11.0 Å². The van der Waals surface area contributed by atoms with Crippen LogP contribution < -0.4 is 5.73 Å². The van der Waals surface area contributed by atoms with E-state index in [0.717, 1.165) is 22.4 Å². The number of aryl methyl sites for hydroxylation is 1. The number of hydrogen-bond donors (Lipinski definition) is 1. The number of rotatable bonds is 3. The molecule has 4 heteroatoms. The molecular weight excluding hydrogens is 236 g/mol. The lowest BCUT2D eigenvalue weighted by molar-refractivity contribution is 0.663. The van der Waals surface area contributed by atoms with Gasteiger partial charge < -0.3 is 10.3 Å². The number of para-hydroxylation sites is 2. The summed E-state index contributed by atoms with van der Waals surface area (Å²) >= 11 is 0. The van der Waals surface area contributed by atoms with Crippen molar-refractivity contribution in [3.8, 4) is 0 Å². The van der Waals surface area contributed by atoms with Gasteiger partial charge in [0.25, 0.3) is 0 Å². The molecule has 3 aromatic rings. The van der Waals surface area contributed by atoms with Crippen LogP contribution in [-0.4, -0.2) is 14.5 Å². The van der Waals surface area contributed by atoms with Gasteiger partial charge in [0, 0.05) is 31.9 Å². The van der Waals surface area contributed by atoms with Crippen molar-refractivity contribution in [2.45, 2.75) is 12.5 Å². The molecule has 2 heterocycles. The number of nitrogens with zero attached hydrogens (tertiary/aromatic N) is 3. The Labute approximate surface area is 111 Å². The molecule has 96 valence electrons. The molecule has 0 radical (unpaired) electrons. The highest BCUT2D eigenvalue weighted by atomic mass is 15.1. The summed E-state index contributed by atoms with van der Waals surface area (Å²) in [5.74, 6) is 0.998. The standard InChI is InChI=1S/C15H16N4/c1-19-14-7-3-2-6-13(14)18-15(19)9-12(16)11-5-4-8-17-10-11/h2-8,10,12H,9,16H2,1H3. The molecule has 1 atom stereocenters. The molecule has 4 nitrogen and oxygen atoms in total. The first kappa shape index (κ1) is 11.9. The average Bonchev–Trinajstić information content (AvgIpc) is 2.77. The van der Waals surface area contributed by atoms with Crippen LogP contribution in [0.25, 0.3) is 11.0 Å². The highest BCUT2D eigenvalue weighted by Crippen LogP contribution is 2.19. The number of pyridine rings is 1. The van der Waals surface area contributed by atoms with Crippen LogP contribution in [-0.2, 0) is 13.5 Å². The van der Waals surface area contributed by atoms with Gasteiger partial charge in [0.2, 0.25) is 0 Å². The maximum atomic E-state index is 6.22. The van der Waals surface area contributed by atoms with Crippen LogP contribution in [0.4, 0.5) is 0 Å². The summed E-state index contributed by atoms with van der Waals surface area (Å²) in [5.41, 5.74) is 9.41. The minimum atomic E-state index is -0.0794. The van der Waals surface area contributed by atoms with E-state index in [1.165, 1.54) is 0 Å². The molecule has 2 aromatic heterocycles. The van der Waals surface area contributed by atoms with Crippen LogP contribution >= 0.6 is 0 Å². The van der Waals surface area contributed by atoms with E-state index in [2.05, 4.69) is 20.6 Å². The van der Waals surface area contributed by atoms with Gasteiger partial charge in [0.15, 0.2) is 0 Å². The van der Waals surface area contributed by atoms with E-state index >= 15 is 0 Å². The van der Waals surface area contributed by atoms with Crippen molar-refractivity contribution in [1.29, 1.82) is 0 Å². The molecule has 0 aliphatic carbocycles. The number of fused-ring (bicyclic) bond motifs is 1. The molecule has 0 saturated heterocycles. The Morgan fingerprint density at radius 3 is 2.79 bits per heavy atom. The second-order valence-corrected chi connectivity index (χ2v) is 4.67. The number of nitrogens with two attached hydrogens (primary N) is 1. The molecule has 0 aliphatic rings. The maximum absolute atomic E-state index is 6.22. The average molecular weight is 252 g/mol. The van der Waals surface area contributed by atoms with Gasteiger partial charge in [-0.15, -0.1) is 0 Å². The van der Waals surface area contributed by atoms with E-state index < -0.39 is 0 Å². The van der Waals surface area contributed by atoms with E-state index in [1.807, 2.05) is 43.6 Å². The lowest BCUT2D eigenvalue weighted by Crippen LogP contribution is -2.15. The van der Waals surface area contributed by atoms with E-state index in [9.17, 15) is 0 Å². The third-order valence-corrected chi connectivity index (χ3v) is 3.39. The zero-order valence-corrected chi connectivity index (χ0v) is 10.8. The fourth-order valence-electron chi connectivity index (χ4n) is 2.29. The highest BCUT2D eigenvalue weighted by molar-refractivity contribution is 5.75. The first-order valence-corrected chi connectivity index (χ1v) is 6.31. The molecular formula is C15H16N4. The number of imidazole rings is 1. The molecule has 1 unspecified atom stereocenters. The second kappa shape index (κ2) is 4.82. The third-order valence-electron chi connectivity index (χ3n) is 3.39. The summed E-state index contributed by atoms with van der Waals surface area (Å²) in [6, 6.07) is 11.9. The zero-order chi connectivity index (χ0) is 13.2. The predicted octanol–water partition coefficient (Wildman–Crippen LogP) is 2.21. The molecule has 0 amide bonds. The molecule has 1 aromatic carbocycles. The molecule has 19 heavy (non-hydrogen) atoms. The van der Waals surface area contributed by atoms with Crippen molar-refractivity contribution in [1.82, 2.24) is 14.5 Å². The van der Waals surface area contributed by atoms with Crippen molar-refractivity contribution in [3.05, 3.63) is 60.2 Å². The molecule has 0 bridgehead atoms. The van der Waals surface area contributed by atoms with Crippen LogP contribution in [0.1, 0.15) is 17.4 Å². The SMILES string of the molecule is Cn1c(CC(N)c2cccnc2)nc2ccccc21. The van der Waals surface area contributed by atoms with Crippen molar-refractivity contribution in [2.75, 3.05) is 0 Å². The van der Waals surface area contributed by atoms with E-state index in [4.69, 9.17) is 5.73 Å². The Morgan fingerprint density at radius 2 is 2.05 bits per heavy atom. The van der Waals surface area contributed by atoms with Crippen LogP contribution in [0.3, 0.4) is 0 Å². The minimum Gasteiger partial charge on any atom is -0.331 e. The van der Waals surface area contributed by atoms with Crippen molar-refractivity contribution in [3.63, 3.8) is 0 Å². The van der Waals surface area contributed by atoms with E-state index in [-0.39, 0.29) is 6.04 Å². The Morgan fingerprint density at radius 1 is 1.21 bits per heavy atom. The van der Waals surface area contributed by atoms with Gasteiger partial charge in [-0.2, -0.15) is 0 Å². The first-order valence-electron chi connectivity index (χ1n) is 6.31. The van der Waals surface area contributed by atoms with Crippen LogP contribution in [0, 0.1) is 0 Å². The maximum Gasteiger partial charge on any atom is 0.111 e. The molecule has 3 rings (SSSR count). The number of aromatic nitrogens is 3. The Hall–Kier alpha value is -2.20. The Kier molecular flexibility index (Phi) is 3.01. The molecule has 0 spiro atoms. The van der Waals surface area contributed by atoms with Gasteiger partial charge in [-0.05, 0) is 23.8 Å². The van der Waals surface area contributed by atoms with Gasteiger partial charge in [-0.3, -0.25) is 4.98 Å². The van der Waals surface area contributed by atoms with Crippen LogP contribution in [0.5, 0.6) is 0 Å².